The third-order valence-corrected chi connectivity index (χ3v) is 2.95. The average molecular weight is 329 g/mol. The Bertz CT molecular complexity index is 511. The highest BCUT2D eigenvalue weighted by atomic mass is 32.1. The van der Waals surface area contributed by atoms with Crippen LogP contribution in [0.4, 0.5) is 0 Å². The molecule has 0 aliphatic rings. The lowest BCUT2D eigenvalue weighted by atomic mass is 10.1. The summed E-state index contributed by atoms with van der Waals surface area (Å²) in [5, 5.41) is 20.5. The van der Waals surface area contributed by atoms with Crippen LogP contribution >= 0.6 is 12.6 Å². The number of benzene rings is 1. The van der Waals surface area contributed by atoms with E-state index in [1.54, 1.807) is 19.1 Å². The molecule has 2 N–H and O–H groups in total. The van der Waals surface area contributed by atoms with E-state index in [4.69, 9.17) is 9.94 Å². The van der Waals surface area contributed by atoms with E-state index in [0.717, 1.165) is 0 Å². The highest BCUT2D eigenvalue weighted by molar-refractivity contribution is 7.80. The van der Waals surface area contributed by atoms with Crippen molar-refractivity contribution in [1.29, 1.82) is 0 Å². The van der Waals surface area contributed by atoms with Crippen molar-refractivity contribution in [3.8, 4) is 0 Å². The Labute approximate surface area is 132 Å². The summed E-state index contributed by atoms with van der Waals surface area (Å²) < 4.78 is 4.83. The molecule has 122 valence electrons. The van der Waals surface area contributed by atoms with Gasteiger partial charge in [-0.1, -0.05) is 12.1 Å². The van der Waals surface area contributed by atoms with Crippen LogP contribution in [0.3, 0.4) is 0 Å². The van der Waals surface area contributed by atoms with Gasteiger partial charge in [-0.3, -0.25) is 9.63 Å². The van der Waals surface area contributed by atoms with Gasteiger partial charge in [-0.25, -0.2) is 4.79 Å². The van der Waals surface area contributed by atoms with Crippen molar-refractivity contribution in [3.05, 3.63) is 40.6 Å². The third-order valence-electron chi connectivity index (χ3n) is 2.59. The zero-order chi connectivity index (χ0) is 16.5. The Morgan fingerprint density at radius 3 is 2.82 bits per heavy atom. The molecule has 1 amide bonds. The second kappa shape index (κ2) is 9.38. The first-order chi connectivity index (χ1) is 10.5. The highest BCUT2D eigenvalue weighted by Crippen LogP contribution is 2.08. The fraction of sp³-hybridized carbons (Fsp3) is 0.385. The predicted molar refractivity (Wildman–Crippen MR) is 80.0 cm³/mol. The number of hydrogen-bond donors (Lipinski definition) is 3. The van der Waals surface area contributed by atoms with Crippen molar-refractivity contribution in [1.82, 2.24) is 10.7 Å². The standard InChI is InChI=1S/C13H17N2O6S/c1-2-20-13(17)11(8-22)14-12(16)10-5-3-4-9(6-10)7-21-15(18)19/h3-6,11,18,22H,2,7-8H2,1H3,(H,14,16)/q-1/t11-/m1/s1. The van der Waals surface area contributed by atoms with Crippen molar-refractivity contribution in [2.45, 2.75) is 19.6 Å². The minimum absolute atomic E-state index is 0.100. The molecule has 9 heteroatoms. The van der Waals surface area contributed by atoms with Crippen LogP contribution in [0.25, 0.3) is 0 Å². The number of amides is 1. The van der Waals surface area contributed by atoms with Gasteiger partial charge in [0.15, 0.2) is 0 Å². The number of thiol groups is 1. The number of carbonyl (C=O) groups is 2. The smallest absolute Gasteiger partial charge is 0.329 e. The molecule has 1 aromatic carbocycles. The van der Waals surface area contributed by atoms with Crippen LogP contribution in [0, 0.1) is 5.21 Å². The number of nitrogens with zero attached hydrogens (tertiary/aromatic N) is 1. The summed E-state index contributed by atoms with van der Waals surface area (Å²) in [6, 6.07) is 5.35. The second-order valence-corrected chi connectivity index (χ2v) is 4.54. The van der Waals surface area contributed by atoms with Gasteiger partial charge in [-0.2, -0.15) is 12.6 Å². The van der Waals surface area contributed by atoms with Crippen LogP contribution in [0.15, 0.2) is 24.3 Å². The molecular formula is C13H17N2O6S-. The minimum Gasteiger partial charge on any atom is -0.738 e. The lowest BCUT2D eigenvalue weighted by molar-refractivity contribution is -0.312. The summed E-state index contributed by atoms with van der Waals surface area (Å²) >= 11 is 4.01. The first kappa shape index (κ1) is 18.4. The number of nitrogens with one attached hydrogen (secondary N) is 1. The van der Waals surface area contributed by atoms with Crippen LogP contribution in [-0.2, 0) is 21.0 Å². The lowest BCUT2D eigenvalue weighted by Gasteiger charge is -2.18. The molecule has 0 fully saturated rings. The Kier molecular flexibility index (Phi) is 7.85. The van der Waals surface area contributed by atoms with Gasteiger partial charge in [-0.15, -0.1) is 5.39 Å². The van der Waals surface area contributed by atoms with Crippen molar-refractivity contribution in [3.63, 3.8) is 0 Å². The molecule has 0 saturated heterocycles. The van der Waals surface area contributed by atoms with E-state index < -0.39 is 23.3 Å². The van der Waals surface area contributed by atoms with E-state index in [1.807, 2.05) is 0 Å². The lowest BCUT2D eigenvalue weighted by Crippen LogP contribution is -2.43. The summed E-state index contributed by atoms with van der Waals surface area (Å²) in [5.74, 6) is -0.951. The van der Waals surface area contributed by atoms with Gasteiger partial charge in [0, 0.05) is 11.3 Å². The van der Waals surface area contributed by atoms with E-state index in [-0.39, 0.29) is 24.5 Å². The quantitative estimate of drug-likeness (QED) is 0.369. The first-order valence-electron chi connectivity index (χ1n) is 6.44. The number of carbonyl (C=O) groups excluding carboxylic acids is 2. The highest BCUT2D eigenvalue weighted by Gasteiger charge is 2.21. The molecule has 1 atom stereocenters. The van der Waals surface area contributed by atoms with Gasteiger partial charge in [0.25, 0.3) is 5.91 Å². The molecule has 0 bridgehead atoms. The van der Waals surface area contributed by atoms with E-state index >= 15 is 0 Å². The Balaban J connectivity index is 2.71. The van der Waals surface area contributed by atoms with Crippen LogP contribution in [-0.4, -0.2) is 40.9 Å². The summed E-state index contributed by atoms with van der Waals surface area (Å²) in [4.78, 5) is 28.1. The van der Waals surface area contributed by atoms with Crippen molar-refractivity contribution >= 4 is 24.5 Å². The maximum atomic E-state index is 12.1. The van der Waals surface area contributed by atoms with Crippen molar-refractivity contribution in [2.24, 2.45) is 0 Å². The van der Waals surface area contributed by atoms with Crippen LogP contribution in [0.2, 0.25) is 0 Å². The Hall–Kier alpha value is -1.65. The van der Waals surface area contributed by atoms with Crippen LogP contribution in [0.1, 0.15) is 22.8 Å². The average Bonchev–Trinajstić information content (AvgIpc) is 2.50. The number of esters is 1. The van der Waals surface area contributed by atoms with Crippen LogP contribution in [0.5, 0.6) is 0 Å². The molecule has 0 aliphatic heterocycles. The molecule has 1 rings (SSSR count). The zero-order valence-corrected chi connectivity index (χ0v) is 12.8. The summed E-state index contributed by atoms with van der Waals surface area (Å²) in [6.45, 7) is 1.67. The maximum Gasteiger partial charge on any atom is 0.329 e. The zero-order valence-electron chi connectivity index (χ0n) is 11.9. The minimum atomic E-state index is -0.856. The van der Waals surface area contributed by atoms with Crippen molar-refractivity contribution < 1.29 is 24.4 Å². The van der Waals surface area contributed by atoms with Gasteiger partial charge in [0.1, 0.15) is 6.04 Å². The molecule has 8 nitrogen and oxygen atoms in total. The molecule has 0 unspecified atom stereocenters. The predicted octanol–water partition coefficient (Wildman–Crippen LogP) is 0.898. The van der Waals surface area contributed by atoms with Gasteiger partial charge in [0.05, 0.1) is 13.2 Å². The SMILES string of the molecule is CCOC(=O)[C@@H](CS)NC(=O)c1cccc(CON([O-])O)c1. The fourth-order valence-electron chi connectivity index (χ4n) is 1.60. The van der Waals surface area contributed by atoms with E-state index in [0.29, 0.717) is 5.56 Å². The Morgan fingerprint density at radius 1 is 1.50 bits per heavy atom. The van der Waals surface area contributed by atoms with Crippen LogP contribution < -0.4 is 5.32 Å². The summed E-state index contributed by atoms with van der Waals surface area (Å²) in [6.07, 6.45) is 0. The molecule has 0 radical (unpaired) electrons. The van der Waals surface area contributed by atoms with Crippen molar-refractivity contribution in [2.75, 3.05) is 12.4 Å². The monoisotopic (exact) mass is 329 g/mol. The van der Waals surface area contributed by atoms with E-state index in [1.165, 1.54) is 12.1 Å². The largest absolute Gasteiger partial charge is 0.738 e. The van der Waals surface area contributed by atoms with Gasteiger partial charge in [0.2, 0.25) is 0 Å². The molecule has 0 heterocycles. The first-order valence-corrected chi connectivity index (χ1v) is 7.07. The number of ether oxygens (including phenoxy) is 1. The van der Waals surface area contributed by atoms with E-state index in [9.17, 15) is 14.8 Å². The van der Waals surface area contributed by atoms with E-state index in [2.05, 4.69) is 22.8 Å². The number of rotatable bonds is 8. The molecule has 0 spiro atoms. The maximum absolute atomic E-state index is 12.1. The number of hydrogen-bond acceptors (Lipinski definition) is 8. The topological polar surface area (TPSA) is 111 Å². The molecule has 1 aromatic rings. The van der Waals surface area contributed by atoms with Gasteiger partial charge >= 0.3 is 5.97 Å². The molecular weight excluding hydrogens is 312 g/mol. The summed E-state index contributed by atoms with van der Waals surface area (Å²) in [7, 11) is 0. The van der Waals surface area contributed by atoms with Gasteiger partial charge in [-0.05, 0) is 24.6 Å². The fourth-order valence-corrected chi connectivity index (χ4v) is 1.84. The van der Waals surface area contributed by atoms with Gasteiger partial charge < -0.3 is 20.5 Å². The molecule has 0 aliphatic carbocycles. The summed E-state index contributed by atoms with van der Waals surface area (Å²) in [5.41, 5.74) is 0.772. The molecule has 0 saturated carbocycles. The third kappa shape index (κ3) is 6.00. The second-order valence-electron chi connectivity index (χ2n) is 4.17. The molecule has 0 aromatic heterocycles. The normalized spacial score (nSPS) is 12.0. The Morgan fingerprint density at radius 2 is 2.23 bits per heavy atom. The molecule has 22 heavy (non-hydrogen) atoms.